The highest BCUT2D eigenvalue weighted by Gasteiger charge is 2.13. The van der Waals surface area contributed by atoms with Gasteiger partial charge in [-0.3, -0.25) is 0 Å². The van der Waals surface area contributed by atoms with E-state index in [1.807, 2.05) is 0 Å². The first-order chi connectivity index (χ1) is 8.22. The van der Waals surface area contributed by atoms with Gasteiger partial charge < -0.3 is 10.6 Å². The number of aryl methyl sites for hydroxylation is 2. The van der Waals surface area contributed by atoms with Crippen molar-refractivity contribution in [3.63, 3.8) is 0 Å². The lowest BCUT2D eigenvalue weighted by Crippen LogP contribution is -2.31. The molecule has 0 radical (unpaired) electrons. The van der Waals surface area contributed by atoms with Crippen molar-refractivity contribution in [3.8, 4) is 0 Å². The number of nitrogens with two attached hydrogens (primary N) is 1. The van der Waals surface area contributed by atoms with Gasteiger partial charge in [0.15, 0.2) is 0 Å². The van der Waals surface area contributed by atoms with E-state index in [1.165, 1.54) is 31.4 Å². The smallest absolute Gasteiger partial charge is 0.0368 e. The van der Waals surface area contributed by atoms with Crippen molar-refractivity contribution >= 4 is 5.69 Å². The highest BCUT2D eigenvalue weighted by molar-refractivity contribution is 5.51. The van der Waals surface area contributed by atoms with Gasteiger partial charge >= 0.3 is 0 Å². The number of nitrogens with zero attached hydrogens (tertiary/aromatic N) is 1. The zero-order chi connectivity index (χ0) is 12.3. The van der Waals surface area contributed by atoms with Crippen LogP contribution in [0.1, 0.15) is 37.3 Å². The summed E-state index contributed by atoms with van der Waals surface area (Å²) in [7, 11) is 2.17. The molecule has 1 aliphatic rings. The first kappa shape index (κ1) is 12.4. The summed E-state index contributed by atoms with van der Waals surface area (Å²) in [6, 6.07) is 7.47. The van der Waals surface area contributed by atoms with Crippen molar-refractivity contribution in [1.29, 1.82) is 0 Å². The Morgan fingerprint density at radius 1 is 1.24 bits per heavy atom. The second-order valence-electron chi connectivity index (χ2n) is 5.20. The normalized spacial score (nSPS) is 16.4. The van der Waals surface area contributed by atoms with Crippen LogP contribution in [-0.2, 0) is 12.8 Å². The standard InChI is InChI=1S/C15H24N2/c1-12(9-10-16)17(2)15-8-7-13-5-3-4-6-14(13)11-15/h7-8,11-12H,3-6,9-10,16H2,1-2H3. The van der Waals surface area contributed by atoms with Gasteiger partial charge in [0.05, 0.1) is 0 Å². The fourth-order valence-corrected chi connectivity index (χ4v) is 2.63. The first-order valence-corrected chi connectivity index (χ1v) is 6.77. The van der Waals surface area contributed by atoms with E-state index in [0.29, 0.717) is 6.04 Å². The van der Waals surface area contributed by atoms with Crippen molar-refractivity contribution in [1.82, 2.24) is 0 Å². The van der Waals surface area contributed by atoms with Gasteiger partial charge in [-0.1, -0.05) is 6.07 Å². The summed E-state index contributed by atoms with van der Waals surface area (Å²) in [5.74, 6) is 0. The van der Waals surface area contributed by atoms with Gasteiger partial charge in [0.2, 0.25) is 0 Å². The molecular formula is C15H24N2. The van der Waals surface area contributed by atoms with Crippen molar-refractivity contribution < 1.29 is 0 Å². The summed E-state index contributed by atoms with van der Waals surface area (Å²) in [6.45, 7) is 3.00. The molecule has 17 heavy (non-hydrogen) atoms. The van der Waals surface area contributed by atoms with Crippen LogP contribution in [0.4, 0.5) is 5.69 Å². The molecule has 2 rings (SSSR count). The van der Waals surface area contributed by atoms with Crippen LogP contribution in [0.2, 0.25) is 0 Å². The van der Waals surface area contributed by atoms with Crippen LogP contribution in [-0.4, -0.2) is 19.6 Å². The quantitative estimate of drug-likeness (QED) is 0.865. The molecule has 0 amide bonds. The minimum Gasteiger partial charge on any atom is -0.372 e. The van der Waals surface area contributed by atoms with Crippen LogP contribution in [0.25, 0.3) is 0 Å². The first-order valence-electron chi connectivity index (χ1n) is 6.77. The number of hydrogen-bond donors (Lipinski definition) is 1. The maximum Gasteiger partial charge on any atom is 0.0368 e. The Bertz CT molecular complexity index is 373. The monoisotopic (exact) mass is 232 g/mol. The van der Waals surface area contributed by atoms with Crippen molar-refractivity contribution in [2.45, 2.75) is 45.1 Å². The summed E-state index contributed by atoms with van der Waals surface area (Å²) in [4.78, 5) is 2.35. The molecule has 0 saturated heterocycles. The molecule has 0 aromatic heterocycles. The average molecular weight is 232 g/mol. The molecule has 0 bridgehead atoms. The number of benzene rings is 1. The van der Waals surface area contributed by atoms with Crippen LogP contribution in [0, 0.1) is 0 Å². The van der Waals surface area contributed by atoms with Gasteiger partial charge in [0.25, 0.3) is 0 Å². The summed E-state index contributed by atoms with van der Waals surface area (Å²) in [6.07, 6.45) is 6.26. The molecule has 1 aliphatic carbocycles. The van der Waals surface area contributed by atoms with Gasteiger partial charge in [-0.05, 0) is 68.8 Å². The minimum absolute atomic E-state index is 0.515. The van der Waals surface area contributed by atoms with Gasteiger partial charge in [-0.15, -0.1) is 0 Å². The maximum atomic E-state index is 5.63. The molecule has 2 heteroatoms. The third kappa shape index (κ3) is 2.81. The molecular weight excluding hydrogens is 208 g/mol. The van der Waals surface area contributed by atoms with E-state index in [0.717, 1.165) is 13.0 Å². The highest BCUT2D eigenvalue weighted by atomic mass is 15.1. The largest absolute Gasteiger partial charge is 0.372 e. The number of fused-ring (bicyclic) bond motifs is 1. The second-order valence-corrected chi connectivity index (χ2v) is 5.20. The SMILES string of the molecule is CC(CCN)N(C)c1ccc2c(c1)CCCC2. The van der Waals surface area contributed by atoms with Crippen molar-refractivity contribution in [2.75, 3.05) is 18.5 Å². The molecule has 1 unspecified atom stereocenters. The molecule has 0 fully saturated rings. The third-order valence-electron chi connectivity index (χ3n) is 3.98. The van der Waals surface area contributed by atoms with Gasteiger partial charge in [0.1, 0.15) is 0 Å². The van der Waals surface area contributed by atoms with E-state index in [-0.39, 0.29) is 0 Å². The lowest BCUT2D eigenvalue weighted by atomic mass is 9.91. The topological polar surface area (TPSA) is 29.3 Å². The lowest BCUT2D eigenvalue weighted by molar-refractivity contribution is 0.633. The summed E-state index contributed by atoms with van der Waals surface area (Å²) >= 11 is 0. The molecule has 0 spiro atoms. The number of anilines is 1. The molecule has 0 saturated carbocycles. The number of rotatable bonds is 4. The molecule has 94 valence electrons. The van der Waals surface area contributed by atoms with E-state index in [2.05, 4.69) is 37.1 Å². The predicted octanol–water partition coefficient (Wildman–Crippen LogP) is 2.74. The Hall–Kier alpha value is -1.02. The van der Waals surface area contributed by atoms with Crippen LogP contribution >= 0.6 is 0 Å². The molecule has 2 nitrogen and oxygen atoms in total. The van der Waals surface area contributed by atoms with Crippen LogP contribution < -0.4 is 10.6 Å². The lowest BCUT2D eigenvalue weighted by Gasteiger charge is -2.28. The Labute approximate surface area is 105 Å². The van der Waals surface area contributed by atoms with Crippen molar-refractivity contribution in [3.05, 3.63) is 29.3 Å². The van der Waals surface area contributed by atoms with Gasteiger partial charge in [0, 0.05) is 18.8 Å². The average Bonchev–Trinajstić information content (AvgIpc) is 2.37. The summed E-state index contributed by atoms with van der Waals surface area (Å²) < 4.78 is 0. The fourth-order valence-electron chi connectivity index (χ4n) is 2.63. The van der Waals surface area contributed by atoms with Gasteiger partial charge in [-0.2, -0.15) is 0 Å². The Morgan fingerprint density at radius 2 is 1.94 bits per heavy atom. The third-order valence-corrected chi connectivity index (χ3v) is 3.98. The molecule has 0 heterocycles. The van der Waals surface area contributed by atoms with Crippen LogP contribution in [0.5, 0.6) is 0 Å². The second kappa shape index (κ2) is 5.54. The summed E-state index contributed by atoms with van der Waals surface area (Å²) in [5, 5.41) is 0. The molecule has 1 aromatic carbocycles. The van der Waals surface area contributed by atoms with E-state index in [4.69, 9.17) is 5.73 Å². The number of hydrogen-bond acceptors (Lipinski definition) is 2. The molecule has 1 atom stereocenters. The Morgan fingerprint density at radius 3 is 2.65 bits per heavy atom. The van der Waals surface area contributed by atoms with E-state index >= 15 is 0 Å². The van der Waals surface area contributed by atoms with E-state index in [9.17, 15) is 0 Å². The Kier molecular flexibility index (Phi) is 4.06. The van der Waals surface area contributed by atoms with Crippen LogP contribution in [0.15, 0.2) is 18.2 Å². The zero-order valence-electron chi connectivity index (χ0n) is 11.1. The minimum atomic E-state index is 0.515. The van der Waals surface area contributed by atoms with Gasteiger partial charge in [-0.25, -0.2) is 0 Å². The molecule has 0 aliphatic heterocycles. The fraction of sp³-hybridized carbons (Fsp3) is 0.600. The van der Waals surface area contributed by atoms with Crippen molar-refractivity contribution in [2.24, 2.45) is 5.73 Å². The highest BCUT2D eigenvalue weighted by Crippen LogP contribution is 2.26. The zero-order valence-corrected chi connectivity index (χ0v) is 11.1. The van der Waals surface area contributed by atoms with E-state index in [1.54, 1.807) is 11.1 Å². The molecule has 1 aromatic rings. The predicted molar refractivity (Wildman–Crippen MR) is 74.6 cm³/mol. The van der Waals surface area contributed by atoms with E-state index < -0.39 is 0 Å². The maximum absolute atomic E-state index is 5.63. The Balaban J connectivity index is 2.15. The van der Waals surface area contributed by atoms with Crippen LogP contribution in [0.3, 0.4) is 0 Å². The molecule has 2 N–H and O–H groups in total. The summed E-state index contributed by atoms with van der Waals surface area (Å²) in [5.41, 5.74) is 10.1.